The van der Waals surface area contributed by atoms with E-state index in [4.69, 9.17) is 0 Å². The van der Waals surface area contributed by atoms with Crippen molar-refractivity contribution >= 4 is 34.4 Å². The molecule has 2 aromatic carbocycles. The molecule has 4 aromatic rings. The molecule has 4 rings (SSSR count). The quantitative estimate of drug-likeness (QED) is 0.549. The first-order valence-corrected chi connectivity index (χ1v) is 8.72. The molecule has 0 bridgehead atoms. The third kappa shape index (κ3) is 2.70. The summed E-state index contributed by atoms with van der Waals surface area (Å²) in [4.78, 5) is 4.61. The number of benzene rings is 2. The van der Waals surface area contributed by atoms with Crippen molar-refractivity contribution in [3.05, 3.63) is 66.4 Å². The van der Waals surface area contributed by atoms with E-state index >= 15 is 0 Å². The number of para-hydroxylation sites is 1. The van der Waals surface area contributed by atoms with Gasteiger partial charge in [-0.05, 0) is 40.7 Å². The first-order valence-electron chi connectivity index (χ1n) is 8.72. The predicted octanol–water partition coefficient (Wildman–Crippen LogP) is 3.16. The molecule has 5 heteroatoms. The van der Waals surface area contributed by atoms with E-state index in [2.05, 4.69) is 48.5 Å². The molecule has 0 aliphatic carbocycles. The van der Waals surface area contributed by atoms with Gasteiger partial charge < -0.3 is 10.0 Å². The zero-order valence-electron chi connectivity index (χ0n) is 15.1. The molecule has 0 saturated heterocycles. The molecule has 0 aliphatic rings. The third-order valence-corrected chi connectivity index (χ3v) is 4.84. The van der Waals surface area contributed by atoms with E-state index < -0.39 is 7.12 Å². The lowest BCUT2D eigenvalue weighted by atomic mass is 9.80. The van der Waals surface area contributed by atoms with Crippen molar-refractivity contribution in [2.45, 2.75) is 26.2 Å². The largest absolute Gasteiger partial charge is 0.488 e. The van der Waals surface area contributed by atoms with Crippen molar-refractivity contribution in [3.63, 3.8) is 0 Å². The van der Waals surface area contributed by atoms with Gasteiger partial charge in [-0.1, -0.05) is 51.1 Å². The molecule has 0 aliphatic heterocycles. The molecule has 2 N–H and O–H groups in total. The van der Waals surface area contributed by atoms with Gasteiger partial charge in [-0.3, -0.25) is 4.57 Å². The molecule has 0 saturated carbocycles. The molecular weight excluding hydrogens is 323 g/mol. The summed E-state index contributed by atoms with van der Waals surface area (Å²) in [6, 6.07) is 17.8. The Morgan fingerprint density at radius 2 is 1.62 bits per heavy atom. The van der Waals surface area contributed by atoms with Gasteiger partial charge in [0.15, 0.2) is 0 Å². The van der Waals surface area contributed by atoms with E-state index in [1.807, 2.05) is 36.5 Å². The Labute approximate surface area is 152 Å². The topological polar surface area (TPSA) is 58.3 Å². The fraction of sp³-hybridized carbons (Fsp3) is 0.190. The number of hydrogen-bond acceptors (Lipinski definition) is 3. The highest BCUT2D eigenvalue weighted by Crippen LogP contribution is 2.32. The second-order valence-corrected chi connectivity index (χ2v) is 7.66. The molecule has 0 fully saturated rings. The molecule has 0 amide bonds. The van der Waals surface area contributed by atoms with E-state index in [1.54, 1.807) is 6.07 Å². The molecule has 130 valence electrons. The van der Waals surface area contributed by atoms with Crippen LogP contribution in [-0.2, 0) is 5.41 Å². The van der Waals surface area contributed by atoms with Crippen LogP contribution in [0.5, 0.6) is 0 Å². The highest BCUT2D eigenvalue weighted by Gasteiger charge is 2.19. The molecule has 4 nitrogen and oxygen atoms in total. The van der Waals surface area contributed by atoms with Crippen LogP contribution in [-0.4, -0.2) is 26.7 Å². The van der Waals surface area contributed by atoms with Crippen LogP contribution in [0.15, 0.2) is 60.8 Å². The number of rotatable bonds is 2. The second kappa shape index (κ2) is 5.97. The summed E-state index contributed by atoms with van der Waals surface area (Å²) in [5, 5.41) is 21.4. The minimum atomic E-state index is -1.50. The Morgan fingerprint density at radius 1 is 0.885 bits per heavy atom. The van der Waals surface area contributed by atoms with E-state index in [0.29, 0.717) is 5.46 Å². The number of hydrogen-bond donors (Lipinski definition) is 2. The summed E-state index contributed by atoms with van der Waals surface area (Å²) >= 11 is 0. The smallest absolute Gasteiger partial charge is 0.423 e. The molecule has 26 heavy (non-hydrogen) atoms. The lowest BCUT2D eigenvalue weighted by Crippen LogP contribution is -2.29. The first-order chi connectivity index (χ1) is 12.4. The summed E-state index contributed by atoms with van der Waals surface area (Å²) < 4.78 is 2.09. The van der Waals surface area contributed by atoms with Gasteiger partial charge in [0.2, 0.25) is 0 Å². The molecule has 2 heterocycles. The van der Waals surface area contributed by atoms with E-state index in [1.165, 1.54) is 5.56 Å². The van der Waals surface area contributed by atoms with Crippen LogP contribution in [0.2, 0.25) is 0 Å². The van der Waals surface area contributed by atoms with E-state index in [-0.39, 0.29) is 5.41 Å². The second-order valence-electron chi connectivity index (χ2n) is 7.66. The fourth-order valence-corrected chi connectivity index (χ4v) is 3.40. The van der Waals surface area contributed by atoms with Crippen LogP contribution in [0.25, 0.3) is 27.6 Å². The zero-order chi connectivity index (χ0) is 18.5. The average Bonchev–Trinajstić information content (AvgIpc) is 2.94. The average molecular weight is 344 g/mol. The van der Waals surface area contributed by atoms with Crippen molar-refractivity contribution in [2.75, 3.05) is 0 Å². The lowest BCUT2D eigenvalue weighted by molar-refractivity contribution is 0.426. The molecule has 0 atom stereocenters. The minimum absolute atomic E-state index is 0.0168. The Balaban J connectivity index is 2.08. The lowest BCUT2D eigenvalue weighted by Gasteiger charge is -2.20. The first kappa shape index (κ1) is 16.8. The predicted molar refractivity (Wildman–Crippen MR) is 107 cm³/mol. The standard InChI is InChI=1S/C21H21BN2O2/c1-21(2,3)14-10-11-23-20(12-14)24-18-7-5-4-6-16(18)17-9-8-15(22(25)26)13-19(17)24/h4-13,25-26H,1-3H3. The van der Waals surface area contributed by atoms with Gasteiger partial charge in [-0.15, -0.1) is 0 Å². The monoisotopic (exact) mass is 344 g/mol. The van der Waals surface area contributed by atoms with Crippen LogP contribution in [0.3, 0.4) is 0 Å². The van der Waals surface area contributed by atoms with E-state index in [9.17, 15) is 10.0 Å². The molecule has 0 spiro atoms. The summed E-state index contributed by atoms with van der Waals surface area (Å²) in [7, 11) is -1.50. The van der Waals surface area contributed by atoms with Gasteiger partial charge in [0, 0.05) is 17.0 Å². The van der Waals surface area contributed by atoms with Crippen molar-refractivity contribution in [1.29, 1.82) is 0 Å². The SMILES string of the molecule is CC(C)(C)c1ccnc(-n2c3ccccc3c3ccc(B(O)O)cc32)c1. The van der Waals surface area contributed by atoms with Gasteiger partial charge in [0.25, 0.3) is 0 Å². The van der Waals surface area contributed by atoms with Crippen molar-refractivity contribution < 1.29 is 10.0 Å². The van der Waals surface area contributed by atoms with Crippen molar-refractivity contribution in [2.24, 2.45) is 0 Å². The van der Waals surface area contributed by atoms with Crippen LogP contribution in [0.4, 0.5) is 0 Å². The van der Waals surface area contributed by atoms with Crippen molar-refractivity contribution in [1.82, 2.24) is 9.55 Å². The van der Waals surface area contributed by atoms with Gasteiger partial charge in [-0.2, -0.15) is 0 Å². The highest BCUT2D eigenvalue weighted by atomic mass is 16.4. The highest BCUT2D eigenvalue weighted by molar-refractivity contribution is 6.59. The van der Waals surface area contributed by atoms with Gasteiger partial charge in [-0.25, -0.2) is 4.98 Å². The Kier molecular flexibility index (Phi) is 3.86. The van der Waals surface area contributed by atoms with Gasteiger partial charge in [0.1, 0.15) is 5.82 Å². The Morgan fingerprint density at radius 3 is 2.35 bits per heavy atom. The zero-order valence-corrected chi connectivity index (χ0v) is 15.1. The molecule has 0 radical (unpaired) electrons. The normalized spacial score (nSPS) is 12.0. The number of pyridine rings is 1. The fourth-order valence-electron chi connectivity index (χ4n) is 3.40. The number of fused-ring (bicyclic) bond motifs is 3. The summed E-state index contributed by atoms with van der Waals surface area (Å²) in [5.41, 5.74) is 3.64. The third-order valence-electron chi connectivity index (χ3n) is 4.84. The number of nitrogens with zero attached hydrogens (tertiary/aromatic N) is 2. The number of aromatic nitrogens is 2. The molecule has 0 unspecified atom stereocenters. The maximum absolute atomic E-state index is 9.60. The van der Waals surface area contributed by atoms with Crippen LogP contribution >= 0.6 is 0 Å². The Bertz CT molecular complexity index is 1110. The summed E-state index contributed by atoms with van der Waals surface area (Å²) in [6.07, 6.45) is 1.83. The van der Waals surface area contributed by atoms with Gasteiger partial charge in [0.05, 0.1) is 11.0 Å². The van der Waals surface area contributed by atoms with Crippen LogP contribution in [0.1, 0.15) is 26.3 Å². The summed E-state index contributed by atoms with van der Waals surface area (Å²) in [6.45, 7) is 6.54. The van der Waals surface area contributed by atoms with Crippen molar-refractivity contribution in [3.8, 4) is 5.82 Å². The molecule has 2 aromatic heterocycles. The van der Waals surface area contributed by atoms with Crippen LogP contribution < -0.4 is 5.46 Å². The maximum Gasteiger partial charge on any atom is 0.488 e. The van der Waals surface area contributed by atoms with E-state index in [0.717, 1.165) is 27.6 Å². The van der Waals surface area contributed by atoms with Gasteiger partial charge >= 0.3 is 7.12 Å². The van der Waals surface area contributed by atoms with Crippen LogP contribution in [0, 0.1) is 0 Å². The maximum atomic E-state index is 9.60. The summed E-state index contributed by atoms with van der Waals surface area (Å²) in [5.74, 6) is 0.827. The minimum Gasteiger partial charge on any atom is -0.423 e. The Hall–Kier alpha value is -2.63. The molecular formula is C21H21BN2O2.